The minimum absolute atomic E-state index is 0.0127. The fraction of sp³-hybridized carbons (Fsp3) is 0.438. The maximum Gasteiger partial charge on any atom is 0.283 e. The summed E-state index contributed by atoms with van der Waals surface area (Å²) in [5.74, 6) is 0.0127. The van der Waals surface area contributed by atoms with Gasteiger partial charge in [-0.1, -0.05) is 0 Å². The molecule has 0 saturated heterocycles. The number of carbonyl (C=O) groups is 1. The number of amides is 1. The van der Waals surface area contributed by atoms with Crippen molar-refractivity contribution in [2.75, 3.05) is 7.05 Å². The molecule has 5 heteroatoms. The summed E-state index contributed by atoms with van der Waals surface area (Å²) >= 11 is 1.57. The van der Waals surface area contributed by atoms with E-state index >= 15 is 0 Å². The molecule has 1 atom stereocenters. The highest BCUT2D eigenvalue weighted by atomic mass is 32.1. The van der Waals surface area contributed by atoms with Crippen molar-refractivity contribution >= 4 is 17.2 Å². The van der Waals surface area contributed by atoms with Gasteiger partial charge in [0.25, 0.3) is 5.91 Å². The molecule has 1 unspecified atom stereocenters. The van der Waals surface area contributed by atoms with E-state index in [1.165, 1.54) is 17.7 Å². The van der Waals surface area contributed by atoms with Crippen LogP contribution in [-0.4, -0.2) is 27.8 Å². The fourth-order valence-corrected chi connectivity index (χ4v) is 3.77. The first-order valence-electron chi connectivity index (χ1n) is 7.32. The molecule has 1 amide bonds. The molecule has 0 radical (unpaired) electrons. The van der Waals surface area contributed by atoms with Gasteiger partial charge in [0.15, 0.2) is 5.01 Å². The number of nitrogens with zero attached hydrogens (tertiary/aromatic N) is 3. The van der Waals surface area contributed by atoms with E-state index in [4.69, 9.17) is 0 Å². The van der Waals surface area contributed by atoms with Crippen LogP contribution in [0.5, 0.6) is 0 Å². The lowest BCUT2D eigenvalue weighted by atomic mass is 10.0. The molecule has 0 spiro atoms. The second-order valence-electron chi connectivity index (χ2n) is 5.47. The quantitative estimate of drug-likeness (QED) is 0.874. The van der Waals surface area contributed by atoms with Crippen molar-refractivity contribution in [1.29, 1.82) is 0 Å². The first-order chi connectivity index (χ1) is 10.2. The zero-order valence-electron chi connectivity index (χ0n) is 12.4. The molecule has 0 bridgehead atoms. The van der Waals surface area contributed by atoms with E-state index in [2.05, 4.69) is 9.97 Å². The molecule has 3 rings (SSSR count). The van der Waals surface area contributed by atoms with Crippen molar-refractivity contribution in [3.8, 4) is 0 Å². The Morgan fingerprint density at radius 1 is 1.29 bits per heavy atom. The molecule has 2 heterocycles. The molecule has 0 fully saturated rings. The Kier molecular flexibility index (Phi) is 4.01. The van der Waals surface area contributed by atoms with Gasteiger partial charge in [-0.2, -0.15) is 0 Å². The number of pyridine rings is 1. The van der Waals surface area contributed by atoms with Gasteiger partial charge in [0.2, 0.25) is 0 Å². The third-order valence-electron chi connectivity index (χ3n) is 4.12. The molecule has 0 aliphatic heterocycles. The average molecular weight is 301 g/mol. The van der Waals surface area contributed by atoms with Gasteiger partial charge in [-0.05, 0) is 50.3 Å². The van der Waals surface area contributed by atoms with E-state index in [1.54, 1.807) is 28.6 Å². The highest BCUT2D eigenvalue weighted by Gasteiger charge is 2.24. The third-order valence-corrected chi connectivity index (χ3v) is 5.26. The van der Waals surface area contributed by atoms with Crippen LogP contribution in [0.1, 0.15) is 51.7 Å². The van der Waals surface area contributed by atoms with Gasteiger partial charge in [-0.3, -0.25) is 9.78 Å². The Morgan fingerprint density at radius 3 is 2.71 bits per heavy atom. The highest BCUT2D eigenvalue weighted by Crippen LogP contribution is 2.28. The smallest absolute Gasteiger partial charge is 0.283 e. The van der Waals surface area contributed by atoms with Crippen LogP contribution in [0.2, 0.25) is 0 Å². The summed E-state index contributed by atoms with van der Waals surface area (Å²) in [7, 11) is 1.84. The number of hydrogen-bond donors (Lipinski definition) is 0. The number of fused-ring (bicyclic) bond motifs is 1. The molecule has 0 aromatic carbocycles. The fourth-order valence-electron chi connectivity index (χ4n) is 2.64. The van der Waals surface area contributed by atoms with Crippen molar-refractivity contribution in [3.05, 3.63) is 45.7 Å². The normalized spacial score (nSPS) is 15.3. The van der Waals surface area contributed by atoms with E-state index in [-0.39, 0.29) is 11.9 Å². The number of hydrogen-bond acceptors (Lipinski definition) is 4. The third kappa shape index (κ3) is 2.83. The van der Waals surface area contributed by atoms with Crippen molar-refractivity contribution in [3.63, 3.8) is 0 Å². The number of rotatable bonds is 3. The van der Waals surface area contributed by atoms with Crippen molar-refractivity contribution in [2.24, 2.45) is 0 Å². The van der Waals surface area contributed by atoms with Gasteiger partial charge in [-0.25, -0.2) is 4.98 Å². The predicted octanol–water partition coefficient (Wildman–Crippen LogP) is 3.25. The molecule has 1 aliphatic carbocycles. The second-order valence-corrected chi connectivity index (χ2v) is 6.55. The molecule has 0 N–H and O–H groups in total. The van der Waals surface area contributed by atoms with Crippen LogP contribution in [0, 0.1) is 0 Å². The summed E-state index contributed by atoms with van der Waals surface area (Å²) in [5, 5.41) is 0.630. The van der Waals surface area contributed by atoms with Gasteiger partial charge in [0.1, 0.15) is 0 Å². The van der Waals surface area contributed by atoms with Crippen molar-refractivity contribution in [2.45, 2.75) is 38.6 Å². The SMILES string of the molecule is CC(c1ccncc1)N(C)C(=O)c1nc2c(s1)CCCC2. The van der Waals surface area contributed by atoms with Crippen LogP contribution >= 0.6 is 11.3 Å². The van der Waals surface area contributed by atoms with Crippen LogP contribution in [0.15, 0.2) is 24.5 Å². The van der Waals surface area contributed by atoms with Gasteiger partial charge in [0, 0.05) is 24.3 Å². The lowest BCUT2D eigenvalue weighted by Gasteiger charge is -2.24. The summed E-state index contributed by atoms with van der Waals surface area (Å²) in [6.07, 6.45) is 8.00. The Balaban J connectivity index is 1.79. The van der Waals surface area contributed by atoms with Crippen LogP contribution in [-0.2, 0) is 12.8 Å². The summed E-state index contributed by atoms with van der Waals surface area (Å²) < 4.78 is 0. The molecule has 21 heavy (non-hydrogen) atoms. The Morgan fingerprint density at radius 2 is 2.00 bits per heavy atom. The lowest BCUT2D eigenvalue weighted by molar-refractivity contribution is 0.0742. The number of thiazole rings is 1. The first kappa shape index (κ1) is 14.2. The van der Waals surface area contributed by atoms with Crippen molar-refractivity contribution in [1.82, 2.24) is 14.9 Å². The zero-order chi connectivity index (χ0) is 14.8. The molecule has 4 nitrogen and oxygen atoms in total. The summed E-state index contributed by atoms with van der Waals surface area (Å²) in [4.78, 5) is 24.3. The van der Waals surface area contributed by atoms with E-state index in [0.29, 0.717) is 5.01 Å². The van der Waals surface area contributed by atoms with Crippen LogP contribution in [0.3, 0.4) is 0 Å². The van der Waals surface area contributed by atoms with Gasteiger partial charge < -0.3 is 4.90 Å². The minimum atomic E-state index is 0.0127. The molecular formula is C16H19N3OS. The molecule has 0 saturated carbocycles. The molecule has 2 aromatic heterocycles. The monoisotopic (exact) mass is 301 g/mol. The van der Waals surface area contributed by atoms with Crippen molar-refractivity contribution < 1.29 is 4.79 Å². The lowest BCUT2D eigenvalue weighted by Crippen LogP contribution is -2.29. The minimum Gasteiger partial charge on any atom is -0.333 e. The topological polar surface area (TPSA) is 46.1 Å². The summed E-state index contributed by atoms with van der Waals surface area (Å²) in [5.41, 5.74) is 2.22. The average Bonchev–Trinajstić information content (AvgIpc) is 2.97. The summed E-state index contributed by atoms with van der Waals surface area (Å²) in [6.45, 7) is 2.03. The van der Waals surface area contributed by atoms with Gasteiger partial charge in [0.05, 0.1) is 11.7 Å². The molecular weight excluding hydrogens is 282 g/mol. The Hall–Kier alpha value is -1.75. The second kappa shape index (κ2) is 5.93. The maximum atomic E-state index is 12.6. The Labute approximate surface area is 128 Å². The van der Waals surface area contributed by atoms with E-state index in [1.807, 2.05) is 26.1 Å². The zero-order valence-corrected chi connectivity index (χ0v) is 13.2. The van der Waals surface area contributed by atoms with Crippen LogP contribution in [0.25, 0.3) is 0 Å². The number of carbonyl (C=O) groups excluding carboxylic acids is 1. The molecule has 2 aromatic rings. The van der Waals surface area contributed by atoms with E-state index in [9.17, 15) is 4.79 Å². The van der Waals surface area contributed by atoms with Gasteiger partial charge >= 0.3 is 0 Å². The predicted molar refractivity (Wildman–Crippen MR) is 83.5 cm³/mol. The van der Waals surface area contributed by atoms with Crippen LogP contribution < -0.4 is 0 Å². The highest BCUT2D eigenvalue weighted by molar-refractivity contribution is 7.13. The maximum absolute atomic E-state index is 12.6. The Bertz CT molecular complexity index is 615. The summed E-state index contributed by atoms with van der Waals surface area (Å²) in [6, 6.07) is 3.91. The van der Waals surface area contributed by atoms with E-state index < -0.39 is 0 Å². The first-order valence-corrected chi connectivity index (χ1v) is 8.14. The molecule has 110 valence electrons. The largest absolute Gasteiger partial charge is 0.333 e. The molecule has 1 aliphatic rings. The van der Waals surface area contributed by atoms with Crippen LogP contribution in [0.4, 0.5) is 0 Å². The van der Waals surface area contributed by atoms with Gasteiger partial charge in [-0.15, -0.1) is 11.3 Å². The number of aromatic nitrogens is 2. The standard InChI is InChI=1S/C16H19N3OS/c1-11(12-7-9-17-10-8-12)19(2)16(20)15-18-13-5-3-4-6-14(13)21-15/h7-11H,3-6H2,1-2H3. The number of aryl methyl sites for hydroxylation is 2. The van der Waals surface area contributed by atoms with E-state index in [0.717, 1.165) is 24.1 Å².